The lowest BCUT2D eigenvalue weighted by atomic mass is 10.0. The number of pyridine rings is 1. The molecule has 0 bridgehead atoms. The van der Waals surface area contributed by atoms with Crippen molar-refractivity contribution < 1.29 is 4.79 Å². The summed E-state index contributed by atoms with van der Waals surface area (Å²) in [6.45, 7) is 4.56. The quantitative estimate of drug-likeness (QED) is 0.332. The number of aryl methyl sites for hydroxylation is 2. The first-order valence-corrected chi connectivity index (χ1v) is 12.5. The molecule has 36 heavy (non-hydrogen) atoms. The Hall–Kier alpha value is -3.97. The number of aromatic nitrogens is 2. The number of carbonyl (C=O) groups excluding carboxylic acids is 1. The number of nitrogens with one attached hydrogen (secondary N) is 2. The van der Waals surface area contributed by atoms with E-state index >= 15 is 0 Å². The van der Waals surface area contributed by atoms with E-state index in [-0.39, 0.29) is 18.0 Å². The summed E-state index contributed by atoms with van der Waals surface area (Å²) in [5.74, 6) is -0.0406. The van der Waals surface area contributed by atoms with Crippen LogP contribution in [0, 0.1) is 13.8 Å². The molecule has 0 unspecified atom stereocenters. The molecule has 3 heterocycles. The van der Waals surface area contributed by atoms with Crippen LogP contribution in [0.3, 0.4) is 0 Å². The second-order valence-electron chi connectivity index (χ2n) is 9.08. The van der Waals surface area contributed by atoms with Crippen molar-refractivity contribution in [2.24, 2.45) is 0 Å². The van der Waals surface area contributed by atoms with Gasteiger partial charge in [-0.2, -0.15) is 0 Å². The fraction of sp³-hybridized carbons (Fsp3) is 0.207. The molecule has 0 spiro atoms. The fourth-order valence-corrected chi connectivity index (χ4v) is 5.10. The van der Waals surface area contributed by atoms with Gasteiger partial charge >= 0.3 is 0 Å². The molecule has 1 aliphatic rings. The molecule has 2 aromatic heterocycles. The molecule has 4 aromatic rings. The molecule has 182 valence electrons. The smallest absolute Gasteiger partial charge is 0.226 e. The number of benzene rings is 2. The minimum absolute atomic E-state index is 0.0406. The standard InChI is InChI=1S/C29H29N5OS/c1-20-9-7-11-22(19-20)33-17-8-14-25(33)28-27(24-13-5-6-16-30-24)32-29(36)34(28)18-15-26(35)31-23-12-4-3-10-21(23)2/h3-14,16-17,19,27-28H,15,18H2,1-2H3,(H,31,35)(H,32,36)/t27-,28+/m0/s1. The Kier molecular flexibility index (Phi) is 6.82. The maximum atomic E-state index is 12.9. The van der Waals surface area contributed by atoms with Crippen LogP contribution < -0.4 is 10.6 Å². The summed E-state index contributed by atoms with van der Waals surface area (Å²) in [6.07, 6.45) is 4.19. The van der Waals surface area contributed by atoms with Crippen LogP contribution in [0.5, 0.6) is 0 Å². The SMILES string of the molecule is Cc1cccc(-n2cccc2[C@@H]2[C@H](c3ccccn3)NC(=S)N2CCC(=O)Nc2ccccc2C)c1. The van der Waals surface area contributed by atoms with Gasteiger partial charge in [0.1, 0.15) is 0 Å². The number of hydrogen-bond donors (Lipinski definition) is 2. The predicted octanol–water partition coefficient (Wildman–Crippen LogP) is 5.49. The molecule has 0 radical (unpaired) electrons. The first kappa shape index (κ1) is 23.8. The summed E-state index contributed by atoms with van der Waals surface area (Å²) in [5, 5.41) is 7.14. The van der Waals surface area contributed by atoms with E-state index in [1.54, 1.807) is 6.20 Å². The molecular formula is C29H29N5OS. The number of para-hydroxylation sites is 1. The van der Waals surface area contributed by atoms with Crippen LogP contribution in [0.25, 0.3) is 5.69 Å². The van der Waals surface area contributed by atoms with Crippen molar-refractivity contribution in [3.05, 3.63) is 114 Å². The van der Waals surface area contributed by atoms with Crippen LogP contribution in [0.4, 0.5) is 5.69 Å². The van der Waals surface area contributed by atoms with Crippen molar-refractivity contribution in [1.82, 2.24) is 19.8 Å². The summed E-state index contributed by atoms with van der Waals surface area (Å²) < 4.78 is 2.20. The summed E-state index contributed by atoms with van der Waals surface area (Å²) >= 11 is 5.80. The third-order valence-corrected chi connectivity index (χ3v) is 6.91. The monoisotopic (exact) mass is 495 g/mol. The second kappa shape index (κ2) is 10.3. The van der Waals surface area contributed by atoms with E-state index in [0.717, 1.165) is 28.3 Å². The van der Waals surface area contributed by atoms with Gasteiger partial charge in [0.25, 0.3) is 0 Å². The highest BCUT2D eigenvalue weighted by atomic mass is 32.1. The van der Waals surface area contributed by atoms with Crippen molar-refractivity contribution in [1.29, 1.82) is 0 Å². The zero-order valence-corrected chi connectivity index (χ0v) is 21.2. The first-order chi connectivity index (χ1) is 17.5. The summed E-state index contributed by atoms with van der Waals surface area (Å²) in [7, 11) is 0. The van der Waals surface area contributed by atoms with Crippen molar-refractivity contribution in [2.75, 3.05) is 11.9 Å². The number of rotatable bonds is 7. The van der Waals surface area contributed by atoms with Gasteiger partial charge in [-0.05, 0) is 79.7 Å². The van der Waals surface area contributed by atoms with Gasteiger partial charge in [-0.15, -0.1) is 0 Å². The molecular weight excluding hydrogens is 466 g/mol. The van der Waals surface area contributed by atoms with Crippen LogP contribution in [0.1, 0.15) is 41.0 Å². The average molecular weight is 496 g/mol. The second-order valence-corrected chi connectivity index (χ2v) is 9.46. The summed E-state index contributed by atoms with van der Waals surface area (Å²) in [5.41, 5.74) is 6.15. The molecule has 2 atom stereocenters. The fourth-order valence-electron chi connectivity index (χ4n) is 4.76. The number of anilines is 1. The number of hydrogen-bond acceptors (Lipinski definition) is 3. The molecule has 0 aliphatic carbocycles. The van der Waals surface area contributed by atoms with Gasteiger partial charge in [0.05, 0.1) is 17.8 Å². The molecule has 6 nitrogen and oxygen atoms in total. The lowest BCUT2D eigenvalue weighted by Crippen LogP contribution is -2.33. The number of carbonyl (C=O) groups is 1. The highest BCUT2D eigenvalue weighted by Crippen LogP contribution is 2.39. The molecule has 2 N–H and O–H groups in total. The Bertz CT molecular complexity index is 1380. The minimum Gasteiger partial charge on any atom is -0.352 e. The van der Waals surface area contributed by atoms with Crippen LogP contribution >= 0.6 is 12.2 Å². The van der Waals surface area contributed by atoms with Crippen molar-refractivity contribution >= 4 is 28.9 Å². The zero-order chi connectivity index (χ0) is 25.1. The molecule has 1 aliphatic heterocycles. The van der Waals surface area contributed by atoms with E-state index in [0.29, 0.717) is 18.1 Å². The van der Waals surface area contributed by atoms with Gasteiger partial charge in [-0.3, -0.25) is 9.78 Å². The number of nitrogens with zero attached hydrogens (tertiary/aromatic N) is 3. The maximum Gasteiger partial charge on any atom is 0.226 e. The highest BCUT2D eigenvalue weighted by Gasteiger charge is 2.41. The first-order valence-electron chi connectivity index (χ1n) is 12.1. The number of amides is 1. The van der Waals surface area contributed by atoms with Crippen LogP contribution in [-0.4, -0.2) is 32.0 Å². The topological polar surface area (TPSA) is 62.2 Å². The Morgan fingerprint density at radius 1 is 1.03 bits per heavy atom. The molecule has 1 amide bonds. The minimum atomic E-state index is -0.142. The lowest BCUT2D eigenvalue weighted by Gasteiger charge is -2.29. The molecule has 2 aromatic carbocycles. The molecule has 7 heteroatoms. The van der Waals surface area contributed by atoms with Crippen molar-refractivity contribution in [3.63, 3.8) is 0 Å². The largest absolute Gasteiger partial charge is 0.352 e. The Balaban J connectivity index is 1.45. The van der Waals surface area contributed by atoms with E-state index < -0.39 is 0 Å². The molecule has 1 fully saturated rings. The van der Waals surface area contributed by atoms with E-state index in [1.807, 2.05) is 49.4 Å². The van der Waals surface area contributed by atoms with E-state index in [1.165, 1.54) is 5.56 Å². The zero-order valence-electron chi connectivity index (χ0n) is 20.4. The Labute approximate surface area is 217 Å². The van der Waals surface area contributed by atoms with Crippen LogP contribution in [-0.2, 0) is 4.79 Å². The van der Waals surface area contributed by atoms with Crippen LogP contribution in [0.2, 0.25) is 0 Å². The normalized spacial score (nSPS) is 17.2. The molecule has 5 rings (SSSR count). The van der Waals surface area contributed by atoms with E-state index in [9.17, 15) is 4.79 Å². The summed E-state index contributed by atoms with van der Waals surface area (Å²) in [4.78, 5) is 19.6. The van der Waals surface area contributed by atoms with Gasteiger partial charge in [0.15, 0.2) is 5.11 Å². The predicted molar refractivity (Wildman–Crippen MR) is 147 cm³/mol. The Morgan fingerprint density at radius 2 is 1.86 bits per heavy atom. The lowest BCUT2D eigenvalue weighted by molar-refractivity contribution is -0.116. The Morgan fingerprint density at radius 3 is 2.64 bits per heavy atom. The third-order valence-electron chi connectivity index (χ3n) is 6.56. The average Bonchev–Trinajstić information content (AvgIpc) is 3.49. The van der Waals surface area contributed by atoms with E-state index in [4.69, 9.17) is 12.2 Å². The number of thiocarbonyl (C=S) groups is 1. The van der Waals surface area contributed by atoms with Crippen LogP contribution in [0.15, 0.2) is 91.3 Å². The van der Waals surface area contributed by atoms with Gasteiger partial charge in [-0.1, -0.05) is 36.4 Å². The molecule has 1 saturated heterocycles. The van der Waals surface area contributed by atoms with Gasteiger partial charge in [0.2, 0.25) is 5.91 Å². The third kappa shape index (κ3) is 4.88. The van der Waals surface area contributed by atoms with Gasteiger partial charge in [0, 0.05) is 42.4 Å². The van der Waals surface area contributed by atoms with Crippen molar-refractivity contribution in [2.45, 2.75) is 32.4 Å². The maximum absolute atomic E-state index is 12.9. The van der Waals surface area contributed by atoms with Gasteiger partial charge < -0.3 is 20.1 Å². The summed E-state index contributed by atoms with van der Waals surface area (Å²) in [6, 6.07) is 26.0. The highest BCUT2D eigenvalue weighted by molar-refractivity contribution is 7.80. The van der Waals surface area contributed by atoms with Crippen molar-refractivity contribution in [3.8, 4) is 5.69 Å². The molecule has 0 saturated carbocycles. The van der Waals surface area contributed by atoms with E-state index in [2.05, 4.69) is 74.6 Å². The van der Waals surface area contributed by atoms with Gasteiger partial charge in [-0.25, -0.2) is 0 Å².